The minimum Gasteiger partial charge on any atom is -0.400 e. The first-order chi connectivity index (χ1) is 11.6. The molecule has 1 aromatic rings. The van der Waals surface area contributed by atoms with Crippen molar-refractivity contribution in [2.45, 2.75) is 6.42 Å². The zero-order chi connectivity index (χ0) is 16.6. The number of nitro groups is 1. The molecule has 2 heterocycles. The SMILES string of the molecule is O=C1[C@H]2[C@@H]3C=C[C@H]([C@H]4C[C@H]34)[C@@H]2C(=O)N1/N=C\c1ccc([N+](=O)[O-])o1. The Balaban J connectivity index is 1.42. The average molecular weight is 327 g/mol. The first kappa shape index (κ1) is 13.6. The van der Waals surface area contributed by atoms with Crippen LogP contribution in [0.4, 0.5) is 5.88 Å². The van der Waals surface area contributed by atoms with Crippen LogP contribution in [0.25, 0.3) is 0 Å². The summed E-state index contributed by atoms with van der Waals surface area (Å²) < 4.78 is 4.96. The molecule has 8 nitrogen and oxygen atoms in total. The van der Waals surface area contributed by atoms with E-state index in [4.69, 9.17) is 4.42 Å². The van der Waals surface area contributed by atoms with Crippen molar-refractivity contribution in [1.29, 1.82) is 0 Å². The summed E-state index contributed by atoms with van der Waals surface area (Å²) in [7, 11) is 0. The van der Waals surface area contributed by atoms with Crippen molar-refractivity contribution in [3.8, 4) is 0 Å². The van der Waals surface area contributed by atoms with Gasteiger partial charge in [-0.15, -0.1) is 0 Å². The van der Waals surface area contributed by atoms with Gasteiger partial charge >= 0.3 is 5.88 Å². The molecule has 3 fully saturated rings. The molecule has 1 saturated heterocycles. The first-order valence-corrected chi connectivity index (χ1v) is 7.90. The number of carbonyl (C=O) groups excluding carboxylic acids is 2. The highest BCUT2D eigenvalue weighted by Gasteiger charge is 2.67. The molecule has 5 aliphatic rings. The van der Waals surface area contributed by atoms with Crippen LogP contribution in [0.3, 0.4) is 0 Å². The standard InChI is InChI=1S/C16H13N3O5/c20-15-13-8-2-3-9(11-5-10(8)11)14(13)16(21)18(15)17-6-7-1-4-12(24-7)19(22)23/h1-4,6,8-11,13-14H,5H2/b17-6-/t8-,9-,10-,11-,13+,14+/m1/s1. The summed E-state index contributed by atoms with van der Waals surface area (Å²) in [6.07, 6.45) is 6.47. The zero-order valence-corrected chi connectivity index (χ0v) is 12.4. The minimum atomic E-state index is -0.659. The summed E-state index contributed by atoms with van der Waals surface area (Å²) in [6, 6.07) is 2.58. The molecule has 6 atom stereocenters. The number of hydrazone groups is 1. The quantitative estimate of drug-likeness (QED) is 0.275. The van der Waals surface area contributed by atoms with Gasteiger partial charge in [-0.05, 0) is 36.2 Å². The van der Waals surface area contributed by atoms with Crippen molar-refractivity contribution >= 4 is 23.9 Å². The van der Waals surface area contributed by atoms with Crippen molar-refractivity contribution in [2.75, 3.05) is 0 Å². The fraction of sp³-hybridized carbons (Fsp3) is 0.438. The van der Waals surface area contributed by atoms with Gasteiger partial charge in [-0.25, -0.2) is 0 Å². The van der Waals surface area contributed by atoms with Crippen LogP contribution in [0.1, 0.15) is 12.2 Å². The van der Waals surface area contributed by atoms with Gasteiger partial charge in [0.2, 0.25) is 0 Å². The maximum absolute atomic E-state index is 12.7. The molecule has 0 aromatic carbocycles. The van der Waals surface area contributed by atoms with E-state index in [1.54, 1.807) is 0 Å². The molecular formula is C16H13N3O5. The number of hydrogen-bond donors (Lipinski definition) is 0. The Morgan fingerprint density at radius 2 is 1.79 bits per heavy atom. The van der Waals surface area contributed by atoms with Gasteiger partial charge in [-0.1, -0.05) is 12.2 Å². The van der Waals surface area contributed by atoms with Crippen molar-refractivity contribution in [3.05, 3.63) is 40.2 Å². The Bertz CT molecular complexity index is 805. The van der Waals surface area contributed by atoms with Crippen LogP contribution < -0.4 is 0 Å². The maximum atomic E-state index is 12.7. The first-order valence-electron chi connectivity index (χ1n) is 7.90. The topological polar surface area (TPSA) is 106 Å². The molecule has 1 aromatic heterocycles. The third-order valence-corrected chi connectivity index (χ3v) is 5.73. The number of furan rings is 1. The molecule has 1 aliphatic heterocycles. The fourth-order valence-corrected chi connectivity index (χ4v) is 4.68. The van der Waals surface area contributed by atoms with Gasteiger partial charge in [0, 0.05) is 0 Å². The van der Waals surface area contributed by atoms with E-state index in [2.05, 4.69) is 17.3 Å². The summed E-state index contributed by atoms with van der Waals surface area (Å²) in [5, 5.41) is 15.5. The van der Waals surface area contributed by atoms with Crippen LogP contribution in [0.2, 0.25) is 0 Å². The second-order valence-corrected chi connectivity index (χ2v) is 6.82. The van der Waals surface area contributed by atoms with Crippen molar-refractivity contribution in [3.63, 3.8) is 0 Å². The number of rotatable bonds is 3. The average Bonchev–Trinajstić information content (AvgIpc) is 3.20. The molecule has 8 heteroatoms. The maximum Gasteiger partial charge on any atom is 0.433 e. The van der Waals surface area contributed by atoms with Crippen LogP contribution in [-0.4, -0.2) is 28.0 Å². The van der Waals surface area contributed by atoms with E-state index in [-0.39, 0.29) is 41.2 Å². The minimum absolute atomic E-state index is 0.126. The summed E-state index contributed by atoms with van der Waals surface area (Å²) >= 11 is 0. The lowest BCUT2D eigenvalue weighted by molar-refractivity contribution is -0.402. The predicted octanol–water partition coefficient (Wildman–Crippen LogP) is 1.57. The smallest absolute Gasteiger partial charge is 0.400 e. The van der Waals surface area contributed by atoms with Crippen LogP contribution in [-0.2, 0) is 9.59 Å². The number of carbonyl (C=O) groups is 2. The second-order valence-electron chi connectivity index (χ2n) is 6.82. The molecule has 0 spiro atoms. The Kier molecular flexibility index (Phi) is 2.50. The molecule has 24 heavy (non-hydrogen) atoms. The number of hydrogen-bond acceptors (Lipinski definition) is 6. The molecule has 0 unspecified atom stereocenters. The lowest BCUT2D eigenvalue weighted by Gasteiger charge is -2.37. The lowest BCUT2D eigenvalue weighted by Crippen LogP contribution is -2.40. The Morgan fingerprint density at radius 1 is 1.17 bits per heavy atom. The molecule has 6 rings (SSSR count). The number of allylic oxidation sites excluding steroid dienone is 2. The van der Waals surface area contributed by atoms with Gasteiger partial charge in [0.1, 0.15) is 4.92 Å². The largest absolute Gasteiger partial charge is 0.433 e. The predicted molar refractivity (Wildman–Crippen MR) is 79.5 cm³/mol. The molecule has 0 radical (unpaired) electrons. The molecule has 2 saturated carbocycles. The van der Waals surface area contributed by atoms with E-state index in [0.717, 1.165) is 11.4 Å². The monoisotopic (exact) mass is 327 g/mol. The molecule has 2 bridgehead atoms. The van der Waals surface area contributed by atoms with Crippen LogP contribution in [0.5, 0.6) is 0 Å². The second kappa shape index (κ2) is 4.40. The van der Waals surface area contributed by atoms with E-state index < -0.39 is 10.8 Å². The van der Waals surface area contributed by atoms with E-state index in [0.29, 0.717) is 11.8 Å². The third kappa shape index (κ3) is 1.65. The van der Waals surface area contributed by atoms with E-state index in [9.17, 15) is 19.7 Å². The van der Waals surface area contributed by atoms with Crippen molar-refractivity contribution in [2.24, 2.45) is 40.6 Å². The zero-order valence-electron chi connectivity index (χ0n) is 12.4. The Labute approximate surface area is 135 Å². The highest BCUT2D eigenvalue weighted by atomic mass is 16.6. The van der Waals surface area contributed by atoms with Gasteiger partial charge in [0.15, 0.2) is 5.76 Å². The van der Waals surface area contributed by atoms with E-state index >= 15 is 0 Å². The molecular weight excluding hydrogens is 314 g/mol. The van der Waals surface area contributed by atoms with Crippen molar-refractivity contribution in [1.82, 2.24) is 5.01 Å². The highest BCUT2D eigenvalue weighted by molar-refractivity contribution is 6.06. The number of nitrogens with zero attached hydrogens (tertiary/aromatic N) is 3. The van der Waals surface area contributed by atoms with Crippen LogP contribution >= 0.6 is 0 Å². The van der Waals surface area contributed by atoms with E-state index in [1.807, 2.05) is 0 Å². The summed E-state index contributed by atoms with van der Waals surface area (Å²) in [4.78, 5) is 35.3. The fourth-order valence-electron chi connectivity index (χ4n) is 4.68. The Morgan fingerprint density at radius 3 is 2.33 bits per heavy atom. The highest BCUT2D eigenvalue weighted by Crippen LogP contribution is 2.65. The van der Waals surface area contributed by atoms with Gasteiger partial charge < -0.3 is 4.42 Å². The van der Waals surface area contributed by atoms with Gasteiger partial charge in [-0.2, -0.15) is 10.1 Å². The summed E-state index contributed by atoms with van der Waals surface area (Å²) in [5.74, 6) is -0.0765. The van der Waals surface area contributed by atoms with Gasteiger partial charge in [-0.3, -0.25) is 19.7 Å². The lowest BCUT2D eigenvalue weighted by atomic mass is 9.63. The number of imide groups is 1. The summed E-state index contributed by atoms with van der Waals surface area (Å²) in [5.41, 5.74) is 0. The summed E-state index contributed by atoms with van der Waals surface area (Å²) in [6.45, 7) is 0. The van der Waals surface area contributed by atoms with E-state index in [1.165, 1.54) is 18.3 Å². The molecule has 2 amide bonds. The third-order valence-electron chi connectivity index (χ3n) is 5.73. The van der Waals surface area contributed by atoms with Gasteiger partial charge in [0.25, 0.3) is 11.8 Å². The van der Waals surface area contributed by atoms with Crippen molar-refractivity contribution < 1.29 is 18.9 Å². The normalized spacial score (nSPS) is 38.8. The molecule has 4 aliphatic carbocycles. The number of amides is 2. The van der Waals surface area contributed by atoms with Crippen LogP contribution in [0, 0.1) is 45.6 Å². The Hall–Kier alpha value is -2.77. The van der Waals surface area contributed by atoms with Gasteiger partial charge in [0.05, 0.1) is 24.1 Å². The molecule has 0 N–H and O–H groups in total. The van der Waals surface area contributed by atoms with Crippen LogP contribution in [0.15, 0.2) is 33.8 Å². The molecule has 122 valence electrons.